The molecule has 0 aromatic carbocycles. The van der Waals surface area contributed by atoms with Gasteiger partial charge >= 0.3 is 5.97 Å². The van der Waals surface area contributed by atoms with Crippen LogP contribution >= 0.6 is 0 Å². The lowest BCUT2D eigenvalue weighted by Crippen LogP contribution is -2.48. The first kappa shape index (κ1) is 19.6. The largest absolute Gasteiger partial charge is 0.460 e. The van der Waals surface area contributed by atoms with Gasteiger partial charge < -0.3 is 24.4 Å². The smallest absolute Gasteiger partial charge is 0.309 e. The van der Waals surface area contributed by atoms with E-state index in [4.69, 9.17) is 14.2 Å². The van der Waals surface area contributed by atoms with E-state index in [1.54, 1.807) is 6.92 Å². The lowest BCUT2D eigenvalue weighted by Gasteiger charge is -2.36. The van der Waals surface area contributed by atoms with Crippen LogP contribution in [0.25, 0.3) is 0 Å². The van der Waals surface area contributed by atoms with E-state index >= 15 is 0 Å². The number of hydrogen-bond acceptors (Lipinski definition) is 6. The highest BCUT2D eigenvalue weighted by Crippen LogP contribution is 2.44. The zero-order valence-corrected chi connectivity index (χ0v) is 15.4. The van der Waals surface area contributed by atoms with Crippen LogP contribution < -0.4 is 0 Å². The van der Waals surface area contributed by atoms with E-state index in [0.717, 1.165) is 19.3 Å². The normalized spacial score (nSPS) is 37.8. The van der Waals surface area contributed by atoms with Crippen molar-refractivity contribution in [1.29, 1.82) is 0 Å². The number of carbonyl (C=O) groups is 1. The Bertz CT molecular complexity index is 432. The molecule has 1 saturated carbocycles. The van der Waals surface area contributed by atoms with Crippen LogP contribution in [0.1, 0.15) is 60.3 Å². The SMILES string of the molecule is C[C@H](CC[C@@H]1C[C@H]1C(=O)OC(C)(C)C)O[C@@H]1O[C@@H](C)[C@H](O)C[C@H]1O. The van der Waals surface area contributed by atoms with E-state index in [1.165, 1.54) is 0 Å². The first-order valence-electron chi connectivity index (χ1n) is 8.96. The lowest BCUT2D eigenvalue weighted by atomic mass is 10.0. The second-order valence-electron chi connectivity index (χ2n) is 8.24. The predicted molar refractivity (Wildman–Crippen MR) is 88.2 cm³/mol. The minimum absolute atomic E-state index is 0.0168. The van der Waals surface area contributed by atoms with E-state index in [9.17, 15) is 15.0 Å². The number of rotatable bonds is 6. The van der Waals surface area contributed by atoms with Crippen molar-refractivity contribution in [1.82, 2.24) is 0 Å². The van der Waals surface area contributed by atoms with Gasteiger partial charge in [0.15, 0.2) is 6.29 Å². The summed E-state index contributed by atoms with van der Waals surface area (Å²) in [5.41, 5.74) is -0.434. The highest BCUT2D eigenvalue weighted by molar-refractivity contribution is 5.76. The summed E-state index contributed by atoms with van der Waals surface area (Å²) in [5.74, 6) is 0.280. The van der Waals surface area contributed by atoms with Gasteiger partial charge in [0, 0.05) is 6.42 Å². The summed E-state index contributed by atoms with van der Waals surface area (Å²) in [6.07, 6.45) is 0.261. The maximum atomic E-state index is 12.0. The average molecular weight is 344 g/mol. The topological polar surface area (TPSA) is 85.2 Å². The summed E-state index contributed by atoms with van der Waals surface area (Å²) in [7, 11) is 0. The van der Waals surface area contributed by atoms with Crippen LogP contribution in [-0.2, 0) is 19.0 Å². The Hall–Kier alpha value is -0.690. The van der Waals surface area contributed by atoms with Crippen LogP contribution in [0.15, 0.2) is 0 Å². The average Bonchev–Trinajstić information content (AvgIpc) is 3.20. The summed E-state index contributed by atoms with van der Waals surface area (Å²) in [6, 6.07) is 0. The summed E-state index contributed by atoms with van der Waals surface area (Å²) in [6.45, 7) is 9.35. The molecule has 2 N–H and O–H groups in total. The van der Waals surface area contributed by atoms with Crippen molar-refractivity contribution < 1.29 is 29.2 Å². The molecule has 24 heavy (non-hydrogen) atoms. The number of esters is 1. The van der Waals surface area contributed by atoms with E-state index in [0.29, 0.717) is 5.92 Å². The molecule has 0 amide bonds. The van der Waals surface area contributed by atoms with Gasteiger partial charge in [0.25, 0.3) is 0 Å². The molecular weight excluding hydrogens is 312 g/mol. The van der Waals surface area contributed by atoms with Crippen LogP contribution in [0.5, 0.6) is 0 Å². The third kappa shape index (κ3) is 5.69. The van der Waals surface area contributed by atoms with Gasteiger partial charge in [0.2, 0.25) is 0 Å². The zero-order valence-electron chi connectivity index (χ0n) is 15.4. The fraction of sp³-hybridized carbons (Fsp3) is 0.944. The van der Waals surface area contributed by atoms with Crippen molar-refractivity contribution in [2.24, 2.45) is 11.8 Å². The number of ether oxygens (including phenoxy) is 3. The molecule has 2 aliphatic rings. The lowest BCUT2D eigenvalue weighted by molar-refractivity contribution is -0.273. The maximum Gasteiger partial charge on any atom is 0.309 e. The summed E-state index contributed by atoms with van der Waals surface area (Å²) < 4.78 is 16.7. The highest BCUT2D eigenvalue weighted by atomic mass is 16.7. The molecule has 1 saturated heterocycles. The van der Waals surface area contributed by atoms with Gasteiger partial charge in [-0.05, 0) is 59.8 Å². The third-order valence-electron chi connectivity index (χ3n) is 4.63. The van der Waals surface area contributed by atoms with Gasteiger partial charge in [-0.2, -0.15) is 0 Å². The van der Waals surface area contributed by atoms with E-state index < -0.39 is 24.1 Å². The van der Waals surface area contributed by atoms with Crippen LogP contribution in [-0.4, -0.2) is 52.5 Å². The van der Waals surface area contributed by atoms with Crippen molar-refractivity contribution in [3.8, 4) is 0 Å². The molecule has 6 heteroatoms. The van der Waals surface area contributed by atoms with Gasteiger partial charge in [-0.3, -0.25) is 4.79 Å². The van der Waals surface area contributed by atoms with Gasteiger partial charge in [-0.15, -0.1) is 0 Å². The molecule has 1 aliphatic heterocycles. The molecule has 2 rings (SSSR count). The Morgan fingerprint density at radius 1 is 1.25 bits per heavy atom. The first-order chi connectivity index (χ1) is 11.1. The number of carbonyl (C=O) groups excluding carboxylic acids is 1. The first-order valence-corrected chi connectivity index (χ1v) is 8.96. The van der Waals surface area contributed by atoms with Crippen molar-refractivity contribution in [2.45, 2.75) is 96.6 Å². The van der Waals surface area contributed by atoms with Crippen molar-refractivity contribution >= 4 is 5.97 Å². The van der Waals surface area contributed by atoms with Crippen molar-refractivity contribution in [3.63, 3.8) is 0 Å². The van der Waals surface area contributed by atoms with Crippen LogP contribution in [0.3, 0.4) is 0 Å². The molecule has 0 unspecified atom stereocenters. The molecule has 0 spiro atoms. The Labute approximate surface area is 144 Å². The Kier molecular flexibility index (Phi) is 6.29. The van der Waals surface area contributed by atoms with Crippen LogP contribution in [0.4, 0.5) is 0 Å². The molecule has 6 nitrogen and oxygen atoms in total. The van der Waals surface area contributed by atoms with E-state index in [1.807, 2.05) is 27.7 Å². The zero-order chi connectivity index (χ0) is 18.1. The van der Waals surface area contributed by atoms with Gasteiger partial charge in [0.1, 0.15) is 11.7 Å². The number of aliphatic hydroxyl groups is 2. The minimum atomic E-state index is -0.811. The Morgan fingerprint density at radius 2 is 1.92 bits per heavy atom. The molecule has 0 aromatic heterocycles. The molecule has 7 atom stereocenters. The molecular formula is C18H32O6. The third-order valence-corrected chi connectivity index (χ3v) is 4.63. The predicted octanol–water partition coefficient (Wildman–Crippen LogP) is 2.01. The highest BCUT2D eigenvalue weighted by Gasteiger charge is 2.45. The molecule has 0 aromatic rings. The molecule has 140 valence electrons. The summed E-state index contributed by atoms with van der Waals surface area (Å²) >= 11 is 0. The molecule has 0 bridgehead atoms. The second kappa shape index (κ2) is 7.68. The number of aliphatic hydroxyl groups excluding tert-OH is 2. The summed E-state index contributed by atoms with van der Waals surface area (Å²) in [5, 5.41) is 19.6. The molecule has 2 fully saturated rings. The minimum Gasteiger partial charge on any atom is -0.460 e. The van der Waals surface area contributed by atoms with Crippen molar-refractivity contribution in [3.05, 3.63) is 0 Å². The van der Waals surface area contributed by atoms with Gasteiger partial charge in [-0.25, -0.2) is 0 Å². The van der Waals surface area contributed by atoms with E-state index in [2.05, 4.69) is 0 Å². The van der Waals surface area contributed by atoms with Crippen LogP contribution in [0.2, 0.25) is 0 Å². The Balaban J connectivity index is 1.67. The molecule has 1 aliphatic carbocycles. The quantitative estimate of drug-likeness (QED) is 0.717. The van der Waals surface area contributed by atoms with E-state index in [-0.39, 0.29) is 30.5 Å². The monoisotopic (exact) mass is 344 g/mol. The summed E-state index contributed by atoms with van der Waals surface area (Å²) in [4.78, 5) is 12.0. The van der Waals surface area contributed by atoms with Gasteiger partial charge in [0.05, 0.1) is 24.2 Å². The Morgan fingerprint density at radius 3 is 2.54 bits per heavy atom. The fourth-order valence-electron chi connectivity index (χ4n) is 3.04. The molecule has 0 radical (unpaired) electrons. The second-order valence-corrected chi connectivity index (χ2v) is 8.24. The fourth-order valence-corrected chi connectivity index (χ4v) is 3.04. The maximum absolute atomic E-state index is 12.0. The molecule has 1 heterocycles. The van der Waals surface area contributed by atoms with Crippen LogP contribution in [0, 0.1) is 11.8 Å². The van der Waals surface area contributed by atoms with Crippen molar-refractivity contribution in [2.75, 3.05) is 0 Å². The number of hydrogen-bond donors (Lipinski definition) is 2. The van der Waals surface area contributed by atoms with Gasteiger partial charge in [-0.1, -0.05) is 0 Å². The standard InChI is InChI=1S/C18H32O6/c1-10(22-17-15(20)9-14(19)11(2)23-17)6-7-12-8-13(12)16(21)24-18(3,4)5/h10-15,17,19-20H,6-9H2,1-5H3/t10-,11+,12-,13-,14-,15-,17-/m1/s1.